The molecule has 0 atom stereocenters. The summed E-state index contributed by atoms with van der Waals surface area (Å²) in [5.74, 6) is -1.39. The van der Waals surface area contributed by atoms with E-state index >= 15 is 0 Å². The Balaban J connectivity index is 2.86. The quantitative estimate of drug-likeness (QED) is 0.268. The summed E-state index contributed by atoms with van der Waals surface area (Å²) >= 11 is 0. The lowest BCUT2D eigenvalue weighted by Crippen LogP contribution is -2.35. The van der Waals surface area contributed by atoms with E-state index < -0.39 is 18.9 Å². The van der Waals surface area contributed by atoms with Crippen molar-refractivity contribution in [3.8, 4) is 0 Å². The molecule has 1 aromatic heterocycles. The molecule has 0 saturated heterocycles. The van der Waals surface area contributed by atoms with Crippen molar-refractivity contribution in [3.63, 3.8) is 0 Å². The second-order valence-electron chi connectivity index (χ2n) is 3.44. The third-order valence-electron chi connectivity index (χ3n) is 2.05. The van der Waals surface area contributed by atoms with Crippen LogP contribution in [-0.2, 0) is 9.59 Å². The zero-order chi connectivity index (χ0) is 14.4. The Hall–Kier alpha value is -2.46. The Kier molecular flexibility index (Phi) is 4.97. The van der Waals surface area contributed by atoms with E-state index in [1.54, 1.807) is 0 Å². The van der Waals surface area contributed by atoms with Gasteiger partial charge in [-0.3, -0.25) is 9.59 Å². The van der Waals surface area contributed by atoms with Crippen LogP contribution in [0.4, 0.5) is 0 Å². The first kappa shape index (κ1) is 14.6. The fraction of sp³-hybridized carbons (Fsp3) is 0.111. The molecule has 2 amide bonds. The molecule has 10 heteroatoms. The second-order valence-corrected chi connectivity index (χ2v) is 3.44. The van der Waals surface area contributed by atoms with Gasteiger partial charge in [-0.1, -0.05) is 0 Å². The molecule has 0 saturated carbocycles. The molecule has 0 aromatic carbocycles. The smallest absolute Gasteiger partial charge is 0.423 e. The van der Waals surface area contributed by atoms with Crippen molar-refractivity contribution in [1.29, 1.82) is 0 Å². The SMILES string of the molecule is N/C=C(/C(=O)NCC(N)=O)c1ncc(B(O)O)cn1. The van der Waals surface area contributed by atoms with Crippen LogP contribution in [0.5, 0.6) is 0 Å². The maximum Gasteiger partial charge on any atom is 0.491 e. The van der Waals surface area contributed by atoms with E-state index in [0.717, 1.165) is 18.6 Å². The second kappa shape index (κ2) is 6.47. The van der Waals surface area contributed by atoms with E-state index in [2.05, 4.69) is 15.3 Å². The Labute approximate surface area is 108 Å². The van der Waals surface area contributed by atoms with Crippen molar-refractivity contribution < 1.29 is 19.6 Å². The third kappa shape index (κ3) is 4.05. The van der Waals surface area contributed by atoms with Gasteiger partial charge in [0.2, 0.25) is 5.91 Å². The van der Waals surface area contributed by atoms with Gasteiger partial charge in [0, 0.05) is 24.1 Å². The summed E-state index contributed by atoms with van der Waals surface area (Å²) in [5, 5.41) is 20.0. The van der Waals surface area contributed by atoms with E-state index in [0.29, 0.717) is 0 Å². The van der Waals surface area contributed by atoms with Gasteiger partial charge in [0.05, 0.1) is 12.1 Å². The number of carbonyl (C=O) groups excluding carboxylic acids is 2. The Morgan fingerprint density at radius 1 is 1.37 bits per heavy atom. The topological polar surface area (TPSA) is 164 Å². The molecular formula is C9H12BN5O4. The lowest BCUT2D eigenvalue weighted by molar-refractivity contribution is -0.121. The predicted molar refractivity (Wildman–Crippen MR) is 66.2 cm³/mol. The number of primary amides is 1. The van der Waals surface area contributed by atoms with Crippen LogP contribution in [-0.4, -0.2) is 45.5 Å². The summed E-state index contributed by atoms with van der Waals surface area (Å²) in [4.78, 5) is 29.7. The number of aromatic nitrogens is 2. The van der Waals surface area contributed by atoms with Gasteiger partial charge in [-0.05, 0) is 0 Å². The fourth-order valence-electron chi connectivity index (χ4n) is 1.12. The molecule has 0 fully saturated rings. The average molecular weight is 265 g/mol. The molecule has 0 aliphatic heterocycles. The minimum Gasteiger partial charge on any atom is -0.423 e. The molecule has 7 N–H and O–H groups in total. The van der Waals surface area contributed by atoms with Crippen LogP contribution >= 0.6 is 0 Å². The monoisotopic (exact) mass is 265 g/mol. The maximum atomic E-state index is 11.7. The molecule has 1 rings (SSSR count). The van der Waals surface area contributed by atoms with Crippen molar-refractivity contribution in [2.24, 2.45) is 11.5 Å². The van der Waals surface area contributed by atoms with Crippen molar-refractivity contribution in [2.45, 2.75) is 0 Å². The third-order valence-corrected chi connectivity index (χ3v) is 2.05. The van der Waals surface area contributed by atoms with Crippen LogP contribution in [0.15, 0.2) is 18.6 Å². The highest BCUT2D eigenvalue weighted by Gasteiger charge is 2.17. The highest BCUT2D eigenvalue weighted by Crippen LogP contribution is 2.05. The van der Waals surface area contributed by atoms with E-state index in [9.17, 15) is 9.59 Å². The van der Waals surface area contributed by atoms with Crippen molar-refractivity contribution in [3.05, 3.63) is 24.4 Å². The van der Waals surface area contributed by atoms with Gasteiger partial charge >= 0.3 is 7.12 Å². The number of hydrogen-bond donors (Lipinski definition) is 5. The number of nitrogens with one attached hydrogen (secondary N) is 1. The average Bonchev–Trinajstić information content (AvgIpc) is 2.37. The molecule has 0 aliphatic carbocycles. The number of amides is 2. The van der Waals surface area contributed by atoms with E-state index in [-0.39, 0.29) is 23.4 Å². The van der Waals surface area contributed by atoms with Crippen LogP contribution in [0.25, 0.3) is 5.57 Å². The highest BCUT2D eigenvalue weighted by molar-refractivity contribution is 6.58. The van der Waals surface area contributed by atoms with E-state index in [1.807, 2.05) is 0 Å². The molecule has 1 aromatic rings. The lowest BCUT2D eigenvalue weighted by atomic mass is 9.83. The summed E-state index contributed by atoms with van der Waals surface area (Å²) < 4.78 is 0. The van der Waals surface area contributed by atoms with E-state index in [1.165, 1.54) is 0 Å². The summed E-state index contributed by atoms with van der Waals surface area (Å²) in [6.07, 6.45) is 3.25. The van der Waals surface area contributed by atoms with Gasteiger partial charge < -0.3 is 26.8 Å². The van der Waals surface area contributed by atoms with Gasteiger partial charge in [0.25, 0.3) is 5.91 Å². The molecule has 0 spiro atoms. The predicted octanol–water partition coefficient (Wildman–Crippen LogP) is -3.94. The number of nitrogens with two attached hydrogens (primary N) is 2. The van der Waals surface area contributed by atoms with Crippen LogP contribution in [0.1, 0.15) is 5.82 Å². The van der Waals surface area contributed by atoms with Crippen LogP contribution < -0.4 is 22.2 Å². The number of nitrogens with zero attached hydrogens (tertiary/aromatic N) is 2. The molecule has 0 unspecified atom stereocenters. The van der Waals surface area contributed by atoms with Gasteiger partial charge in [-0.2, -0.15) is 0 Å². The minimum absolute atomic E-state index is 0.0196. The van der Waals surface area contributed by atoms with Crippen molar-refractivity contribution in [1.82, 2.24) is 15.3 Å². The fourth-order valence-corrected chi connectivity index (χ4v) is 1.12. The Morgan fingerprint density at radius 3 is 2.37 bits per heavy atom. The summed E-state index contributed by atoms with van der Waals surface area (Å²) in [7, 11) is -1.71. The molecule has 0 radical (unpaired) electrons. The lowest BCUT2D eigenvalue weighted by Gasteiger charge is -2.06. The zero-order valence-electron chi connectivity index (χ0n) is 9.78. The molecule has 0 aliphatic rings. The standard InChI is InChI=1S/C9H12BN5O4/c11-1-6(9(17)15-4-7(12)16)8-13-2-5(3-14-8)10(18)19/h1-3,18-19H,4,11H2,(H2,12,16)(H,15,17)/b6-1+. The molecule has 1 heterocycles. The molecule has 100 valence electrons. The van der Waals surface area contributed by atoms with E-state index in [4.69, 9.17) is 21.5 Å². The molecular weight excluding hydrogens is 253 g/mol. The summed E-state index contributed by atoms with van der Waals surface area (Å²) in [6.45, 7) is -0.344. The van der Waals surface area contributed by atoms with Crippen molar-refractivity contribution >= 4 is 30.0 Å². The zero-order valence-corrected chi connectivity index (χ0v) is 9.78. The number of carbonyl (C=O) groups is 2. The summed E-state index contributed by atoms with van der Waals surface area (Å²) in [6, 6.07) is 0. The molecule has 9 nitrogen and oxygen atoms in total. The first-order valence-electron chi connectivity index (χ1n) is 5.12. The molecule has 19 heavy (non-hydrogen) atoms. The van der Waals surface area contributed by atoms with Crippen molar-refractivity contribution in [2.75, 3.05) is 6.54 Å². The number of hydrogen-bond acceptors (Lipinski definition) is 7. The van der Waals surface area contributed by atoms with Crippen LogP contribution in [0, 0.1) is 0 Å². The van der Waals surface area contributed by atoms with Crippen LogP contribution in [0.3, 0.4) is 0 Å². The highest BCUT2D eigenvalue weighted by atomic mass is 16.4. The normalized spacial score (nSPS) is 10.9. The van der Waals surface area contributed by atoms with Crippen LogP contribution in [0.2, 0.25) is 0 Å². The first-order chi connectivity index (χ1) is 8.95. The van der Waals surface area contributed by atoms with Gasteiger partial charge in [-0.25, -0.2) is 9.97 Å². The Morgan fingerprint density at radius 2 is 1.95 bits per heavy atom. The summed E-state index contributed by atoms with van der Waals surface area (Å²) in [5.41, 5.74) is 10.2. The van der Waals surface area contributed by atoms with Gasteiger partial charge in [0.1, 0.15) is 0 Å². The Bertz CT molecular complexity index is 502. The molecule has 0 bridgehead atoms. The number of rotatable bonds is 5. The largest absolute Gasteiger partial charge is 0.491 e. The van der Waals surface area contributed by atoms with Gasteiger partial charge in [-0.15, -0.1) is 0 Å². The first-order valence-corrected chi connectivity index (χ1v) is 5.12. The van der Waals surface area contributed by atoms with Gasteiger partial charge in [0.15, 0.2) is 5.82 Å². The minimum atomic E-state index is -1.71. The maximum absolute atomic E-state index is 11.7.